The number of nitrogens with one attached hydrogen (secondary N) is 1. The Balaban J connectivity index is 1.95. The Bertz CT molecular complexity index is 307. The van der Waals surface area contributed by atoms with Crippen LogP contribution in [-0.2, 0) is 4.79 Å². The molecule has 0 bridgehead atoms. The van der Waals surface area contributed by atoms with E-state index < -0.39 is 0 Å². The Morgan fingerprint density at radius 1 is 1.36 bits per heavy atom. The van der Waals surface area contributed by atoms with E-state index >= 15 is 0 Å². The lowest BCUT2D eigenvalue weighted by molar-refractivity contribution is -0.120. The summed E-state index contributed by atoms with van der Waals surface area (Å²) >= 11 is 0. The first-order chi connectivity index (χ1) is 6.77. The van der Waals surface area contributed by atoms with Gasteiger partial charge < -0.3 is 5.73 Å². The lowest BCUT2D eigenvalue weighted by atomic mass is 10.0. The van der Waals surface area contributed by atoms with Gasteiger partial charge in [-0.3, -0.25) is 14.9 Å². The van der Waals surface area contributed by atoms with Gasteiger partial charge in [-0.1, -0.05) is 6.42 Å². The molecule has 0 spiro atoms. The third kappa shape index (κ3) is 1.80. The van der Waals surface area contributed by atoms with Crippen molar-refractivity contribution in [2.24, 2.45) is 11.7 Å². The first-order valence-electron chi connectivity index (χ1n) is 4.97. The van der Waals surface area contributed by atoms with Crippen molar-refractivity contribution in [1.29, 1.82) is 0 Å². The Morgan fingerprint density at radius 3 is 2.64 bits per heavy atom. The van der Waals surface area contributed by atoms with Crippen LogP contribution in [0.15, 0.2) is 24.5 Å². The van der Waals surface area contributed by atoms with E-state index in [1.54, 1.807) is 17.1 Å². The summed E-state index contributed by atoms with van der Waals surface area (Å²) < 4.78 is 1.66. The number of amides is 1. The number of nitrogens with zero attached hydrogens (tertiary/aromatic N) is 1. The van der Waals surface area contributed by atoms with Gasteiger partial charge in [0.2, 0.25) is 5.91 Å². The molecule has 1 heterocycles. The van der Waals surface area contributed by atoms with Crippen molar-refractivity contribution in [2.45, 2.75) is 25.3 Å². The van der Waals surface area contributed by atoms with Gasteiger partial charge in [-0.25, -0.2) is 0 Å². The van der Waals surface area contributed by atoms with Crippen molar-refractivity contribution in [3.05, 3.63) is 24.5 Å². The normalized spacial score (nSPS) is 26.4. The summed E-state index contributed by atoms with van der Waals surface area (Å²) in [6, 6.07) is 3.77. The van der Waals surface area contributed by atoms with Crippen molar-refractivity contribution in [2.75, 3.05) is 5.43 Å². The molecule has 1 aliphatic rings. The smallest absolute Gasteiger partial charge is 0.243 e. The minimum absolute atomic E-state index is 0.0163. The van der Waals surface area contributed by atoms with Crippen molar-refractivity contribution in [3.63, 3.8) is 0 Å². The standard InChI is InChI=1S/C10H15N3O/c11-9-5-3-4-8(9)10(14)12-13-6-1-2-7-13/h1-2,6-9H,3-5,11H2,(H,12,14). The predicted molar refractivity (Wildman–Crippen MR) is 54.1 cm³/mol. The zero-order chi connectivity index (χ0) is 9.97. The number of aromatic nitrogens is 1. The van der Waals surface area contributed by atoms with Crippen LogP contribution in [-0.4, -0.2) is 16.6 Å². The number of nitrogens with two attached hydrogens (primary N) is 1. The van der Waals surface area contributed by atoms with Gasteiger partial charge in [0, 0.05) is 18.4 Å². The highest BCUT2D eigenvalue weighted by atomic mass is 16.2. The molecule has 0 aromatic carbocycles. The van der Waals surface area contributed by atoms with E-state index in [0.717, 1.165) is 19.3 Å². The predicted octanol–water partition coefficient (Wildman–Crippen LogP) is 0.686. The minimum atomic E-state index is -0.0163. The average molecular weight is 193 g/mol. The minimum Gasteiger partial charge on any atom is -0.327 e. The highest BCUT2D eigenvalue weighted by molar-refractivity contribution is 5.86. The number of carbonyl (C=O) groups is 1. The van der Waals surface area contributed by atoms with Crippen LogP contribution in [0.1, 0.15) is 19.3 Å². The van der Waals surface area contributed by atoms with E-state index in [-0.39, 0.29) is 17.9 Å². The third-order valence-corrected chi connectivity index (χ3v) is 2.75. The quantitative estimate of drug-likeness (QED) is 0.725. The molecule has 2 unspecified atom stereocenters. The molecular formula is C10H15N3O. The van der Waals surface area contributed by atoms with Crippen LogP contribution in [0.5, 0.6) is 0 Å². The number of hydrogen-bond acceptors (Lipinski definition) is 2. The first-order valence-corrected chi connectivity index (χ1v) is 4.97. The summed E-state index contributed by atoms with van der Waals surface area (Å²) in [5.41, 5.74) is 8.63. The zero-order valence-corrected chi connectivity index (χ0v) is 8.02. The third-order valence-electron chi connectivity index (χ3n) is 2.75. The fourth-order valence-corrected chi connectivity index (χ4v) is 1.93. The molecule has 0 saturated heterocycles. The maximum atomic E-state index is 11.7. The second-order valence-electron chi connectivity index (χ2n) is 3.77. The summed E-state index contributed by atoms with van der Waals surface area (Å²) in [6.45, 7) is 0. The molecule has 1 aliphatic carbocycles. The maximum absolute atomic E-state index is 11.7. The van der Waals surface area contributed by atoms with E-state index in [9.17, 15) is 4.79 Å². The summed E-state index contributed by atoms with van der Waals surface area (Å²) in [7, 11) is 0. The Labute approximate surface area is 83.1 Å². The molecule has 0 radical (unpaired) electrons. The highest BCUT2D eigenvalue weighted by Gasteiger charge is 2.30. The molecule has 76 valence electrons. The van der Waals surface area contributed by atoms with Crippen LogP contribution in [0.3, 0.4) is 0 Å². The van der Waals surface area contributed by atoms with Gasteiger partial charge in [0.25, 0.3) is 0 Å². The van der Waals surface area contributed by atoms with Crippen LogP contribution in [0.2, 0.25) is 0 Å². The topological polar surface area (TPSA) is 60.1 Å². The summed E-state index contributed by atoms with van der Waals surface area (Å²) in [5, 5.41) is 0. The first kappa shape index (κ1) is 9.27. The van der Waals surface area contributed by atoms with Crippen molar-refractivity contribution >= 4 is 5.91 Å². The molecule has 1 saturated carbocycles. The molecule has 2 rings (SSSR count). The molecule has 4 heteroatoms. The molecule has 1 fully saturated rings. The van der Waals surface area contributed by atoms with Crippen LogP contribution in [0.25, 0.3) is 0 Å². The number of rotatable bonds is 2. The second kappa shape index (κ2) is 3.84. The van der Waals surface area contributed by atoms with Crippen LogP contribution in [0.4, 0.5) is 0 Å². The maximum Gasteiger partial charge on any atom is 0.243 e. The van der Waals surface area contributed by atoms with Gasteiger partial charge >= 0.3 is 0 Å². The molecule has 1 amide bonds. The van der Waals surface area contributed by atoms with Crippen molar-refractivity contribution < 1.29 is 4.79 Å². The van der Waals surface area contributed by atoms with E-state index in [2.05, 4.69) is 5.43 Å². The molecule has 4 nitrogen and oxygen atoms in total. The monoisotopic (exact) mass is 193 g/mol. The fourth-order valence-electron chi connectivity index (χ4n) is 1.93. The van der Waals surface area contributed by atoms with E-state index in [1.807, 2.05) is 12.1 Å². The Hall–Kier alpha value is -1.29. The summed E-state index contributed by atoms with van der Waals surface area (Å²) in [5.74, 6) is 0.0172. The zero-order valence-electron chi connectivity index (χ0n) is 8.02. The van der Waals surface area contributed by atoms with Gasteiger partial charge in [0.05, 0.1) is 5.92 Å². The van der Waals surface area contributed by atoms with Crippen LogP contribution >= 0.6 is 0 Å². The van der Waals surface area contributed by atoms with Crippen LogP contribution in [0, 0.1) is 5.92 Å². The molecule has 14 heavy (non-hydrogen) atoms. The molecule has 3 N–H and O–H groups in total. The molecule has 2 atom stereocenters. The molecule has 1 aromatic heterocycles. The second-order valence-corrected chi connectivity index (χ2v) is 3.77. The molecule has 0 aliphatic heterocycles. The van der Waals surface area contributed by atoms with Gasteiger partial charge in [-0.2, -0.15) is 0 Å². The number of carbonyl (C=O) groups excluding carboxylic acids is 1. The lowest BCUT2D eigenvalue weighted by Crippen LogP contribution is -2.37. The lowest BCUT2D eigenvalue weighted by Gasteiger charge is -2.15. The van der Waals surface area contributed by atoms with E-state index in [4.69, 9.17) is 5.73 Å². The molecule has 1 aromatic rings. The van der Waals surface area contributed by atoms with E-state index in [1.165, 1.54) is 0 Å². The van der Waals surface area contributed by atoms with Gasteiger partial charge in [0.1, 0.15) is 0 Å². The molecular weight excluding hydrogens is 178 g/mol. The van der Waals surface area contributed by atoms with Crippen molar-refractivity contribution in [1.82, 2.24) is 4.68 Å². The Morgan fingerprint density at radius 2 is 2.07 bits per heavy atom. The van der Waals surface area contributed by atoms with Gasteiger partial charge in [0.15, 0.2) is 0 Å². The summed E-state index contributed by atoms with van der Waals surface area (Å²) in [4.78, 5) is 11.7. The largest absolute Gasteiger partial charge is 0.327 e. The van der Waals surface area contributed by atoms with Gasteiger partial charge in [-0.05, 0) is 25.0 Å². The average Bonchev–Trinajstić information content (AvgIpc) is 2.75. The highest BCUT2D eigenvalue weighted by Crippen LogP contribution is 2.24. The Kier molecular flexibility index (Phi) is 2.54. The SMILES string of the molecule is NC1CCCC1C(=O)Nn1cccc1. The van der Waals surface area contributed by atoms with Crippen LogP contribution < -0.4 is 11.2 Å². The van der Waals surface area contributed by atoms with E-state index in [0.29, 0.717) is 0 Å². The number of hydrogen-bond donors (Lipinski definition) is 2. The van der Waals surface area contributed by atoms with Crippen molar-refractivity contribution in [3.8, 4) is 0 Å². The van der Waals surface area contributed by atoms with Gasteiger partial charge in [-0.15, -0.1) is 0 Å². The summed E-state index contributed by atoms with van der Waals surface area (Å²) in [6.07, 6.45) is 6.54. The fraction of sp³-hybridized carbons (Fsp3) is 0.500.